The van der Waals surface area contributed by atoms with Crippen LogP contribution in [0.4, 0.5) is 0 Å². The largest absolute Gasteiger partial charge is 0.396 e. The molecule has 0 bridgehead atoms. The molecule has 0 aliphatic heterocycles. The van der Waals surface area contributed by atoms with E-state index in [1.165, 1.54) is 19.3 Å². The summed E-state index contributed by atoms with van der Waals surface area (Å²) >= 11 is 0. The molecule has 1 aromatic heterocycles. The number of carbonyl (C=O) groups excluding carboxylic acids is 1. The standard InChI is InChI=1S/C18H24N4O2/c23-11-10-17(14-4-2-1-3-5-14)21-18(24)15-6-8-16(9-7-15)22-12-19-20-13-22/h6-9,12-14,17,23H,1-5,10-11H2,(H,21,24). The van der Waals surface area contributed by atoms with Gasteiger partial charge in [0.25, 0.3) is 5.91 Å². The number of nitrogens with one attached hydrogen (secondary N) is 1. The van der Waals surface area contributed by atoms with E-state index >= 15 is 0 Å². The number of nitrogens with zero attached hydrogens (tertiary/aromatic N) is 3. The summed E-state index contributed by atoms with van der Waals surface area (Å²) < 4.78 is 1.79. The highest BCUT2D eigenvalue weighted by atomic mass is 16.3. The van der Waals surface area contributed by atoms with E-state index in [9.17, 15) is 9.90 Å². The van der Waals surface area contributed by atoms with E-state index in [4.69, 9.17) is 0 Å². The Labute approximate surface area is 141 Å². The fraction of sp³-hybridized carbons (Fsp3) is 0.500. The van der Waals surface area contributed by atoms with Crippen molar-refractivity contribution in [3.05, 3.63) is 42.5 Å². The molecule has 6 heteroatoms. The number of hydrogen-bond donors (Lipinski definition) is 2. The van der Waals surface area contributed by atoms with Crippen LogP contribution in [0.3, 0.4) is 0 Å². The zero-order valence-corrected chi connectivity index (χ0v) is 13.8. The molecule has 128 valence electrons. The Hall–Kier alpha value is -2.21. The summed E-state index contributed by atoms with van der Waals surface area (Å²) in [5.41, 5.74) is 1.54. The Morgan fingerprint density at radius 3 is 2.46 bits per heavy atom. The van der Waals surface area contributed by atoms with Gasteiger partial charge in [0.1, 0.15) is 12.7 Å². The second kappa shape index (κ2) is 8.06. The monoisotopic (exact) mass is 328 g/mol. The van der Waals surface area contributed by atoms with E-state index < -0.39 is 0 Å². The molecule has 2 aromatic rings. The Balaban J connectivity index is 1.65. The quantitative estimate of drug-likeness (QED) is 0.853. The highest BCUT2D eigenvalue weighted by molar-refractivity contribution is 5.94. The fourth-order valence-electron chi connectivity index (χ4n) is 3.47. The molecule has 1 saturated carbocycles. The van der Waals surface area contributed by atoms with Crippen LogP contribution >= 0.6 is 0 Å². The molecule has 1 fully saturated rings. The van der Waals surface area contributed by atoms with Crippen LogP contribution in [0.2, 0.25) is 0 Å². The second-order valence-electron chi connectivity index (χ2n) is 6.41. The van der Waals surface area contributed by atoms with E-state index in [0.29, 0.717) is 17.9 Å². The van der Waals surface area contributed by atoms with Gasteiger partial charge >= 0.3 is 0 Å². The lowest BCUT2D eigenvalue weighted by Crippen LogP contribution is -2.41. The molecule has 0 radical (unpaired) electrons. The van der Waals surface area contributed by atoms with Crippen molar-refractivity contribution in [3.8, 4) is 5.69 Å². The van der Waals surface area contributed by atoms with Crippen molar-refractivity contribution in [2.24, 2.45) is 5.92 Å². The molecule has 1 amide bonds. The molecule has 1 aliphatic carbocycles. The molecule has 1 atom stereocenters. The zero-order valence-electron chi connectivity index (χ0n) is 13.8. The van der Waals surface area contributed by atoms with Crippen molar-refractivity contribution in [1.82, 2.24) is 20.1 Å². The molecule has 3 rings (SSSR count). The minimum Gasteiger partial charge on any atom is -0.396 e. The average Bonchev–Trinajstić information content (AvgIpc) is 3.17. The van der Waals surface area contributed by atoms with E-state index in [2.05, 4.69) is 15.5 Å². The third-order valence-corrected chi connectivity index (χ3v) is 4.82. The predicted octanol–water partition coefficient (Wildman–Crippen LogP) is 2.33. The molecule has 24 heavy (non-hydrogen) atoms. The minimum atomic E-state index is -0.0747. The normalized spacial score (nSPS) is 16.7. The maximum Gasteiger partial charge on any atom is 0.251 e. The Morgan fingerprint density at radius 1 is 1.17 bits per heavy atom. The first-order valence-electron chi connectivity index (χ1n) is 8.64. The Morgan fingerprint density at radius 2 is 1.83 bits per heavy atom. The van der Waals surface area contributed by atoms with Crippen molar-refractivity contribution in [3.63, 3.8) is 0 Å². The van der Waals surface area contributed by atoms with Crippen LogP contribution in [0.5, 0.6) is 0 Å². The van der Waals surface area contributed by atoms with Crippen molar-refractivity contribution in [1.29, 1.82) is 0 Å². The maximum absolute atomic E-state index is 12.5. The third kappa shape index (κ3) is 4.00. The van der Waals surface area contributed by atoms with Gasteiger partial charge in [-0.05, 0) is 49.4 Å². The van der Waals surface area contributed by atoms with Gasteiger partial charge in [0.05, 0.1) is 0 Å². The number of aliphatic hydroxyl groups excluding tert-OH is 1. The lowest BCUT2D eigenvalue weighted by Gasteiger charge is -2.30. The van der Waals surface area contributed by atoms with Crippen molar-refractivity contribution >= 4 is 5.91 Å². The topological polar surface area (TPSA) is 80.0 Å². The summed E-state index contributed by atoms with van der Waals surface area (Å²) in [4.78, 5) is 12.5. The summed E-state index contributed by atoms with van der Waals surface area (Å²) in [7, 11) is 0. The predicted molar refractivity (Wildman–Crippen MR) is 90.9 cm³/mol. The molecule has 1 unspecified atom stereocenters. The first kappa shape index (κ1) is 16.6. The minimum absolute atomic E-state index is 0.0559. The van der Waals surface area contributed by atoms with E-state index in [-0.39, 0.29) is 18.6 Å². The summed E-state index contributed by atoms with van der Waals surface area (Å²) in [5, 5.41) is 20.0. The van der Waals surface area contributed by atoms with Crippen LogP contribution in [0.1, 0.15) is 48.9 Å². The number of benzene rings is 1. The van der Waals surface area contributed by atoms with E-state index in [0.717, 1.165) is 18.5 Å². The van der Waals surface area contributed by atoms with Crippen LogP contribution in [0.15, 0.2) is 36.9 Å². The molecule has 0 spiro atoms. The number of hydrogen-bond acceptors (Lipinski definition) is 4. The summed E-state index contributed by atoms with van der Waals surface area (Å²) in [6.45, 7) is 0.105. The van der Waals surface area contributed by atoms with Crippen LogP contribution < -0.4 is 5.32 Å². The number of carbonyl (C=O) groups is 1. The smallest absolute Gasteiger partial charge is 0.251 e. The average molecular weight is 328 g/mol. The van der Waals surface area contributed by atoms with Gasteiger partial charge in [-0.3, -0.25) is 9.36 Å². The van der Waals surface area contributed by atoms with Gasteiger partial charge in [0.15, 0.2) is 0 Å². The van der Waals surface area contributed by atoms with Crippen LogP contribution in [0.25, 0.3) is 5.69 Å². The summed E-state index contributed by atoms with van der Waals surface area (Å²) in [6.07, 6.45) is 9.85. The van der Waals surface area contributed by atoms with Gasteiger partial charge in [-0.2, -0.15) is 0 Å². The number of aromatic nitrogens is 3. The Bertz CT molecular complexity index is 634. The van der Waals surface area contributed by atoms with Gasteiger partial charge in [0.2, 0.25) is 0 Å². The maximum atomic E-state index is 12.5. The van der Waals surface area contributed by atoms with E-state index in [1.807, 2.05) is 24.3 Å². The number of rotatable bonds is 6. The molecule has 1 heterocycles. The molecular formula is C18H24N4O2. The first-order chi connectivity index (χ1) is 11.8. The molecule has 1 aromatic carbocycles. The van der Waals surface area contributed by atoms with Gasteiger partial charge in [0, 0.05) is 23.9 Å². The molecule has 1 aliphatic rings. The van der Waals surface area contributed by atoms with Gasteiger partial charge in [-0.1, -0.05) is 19.3 Å². The van der Waals surface area contributed by atoms with Crippen LogP contribution in [-0.4, -0.2) is 38.4 Å². The highest BCUT2D eigenvalue weighted by Crippen LogP contribution is 2.28. The summed E-state index contributed by atoms with van der Waals surface area (Å²) in [5.74, 6) is 0.403. The van der Waals surface area contributed by atoms with Gasteiger partial charge < -0.3 is 10.4 Å². The van der Waals surface area contributed by atoms with Crippen molar-refractivity contribution < 1.29 is 9.90 Å². The second-order valence-corrected chi connectivity index (χ2v) is 6.41. The lowest BCUT2D eigenvalue weighted by molar-refractivity contribution is 0.0899. The van der Waals surface area contributed by atoms with Crippen molar-refractivity contribution in [2.45, 2.75) is 44.6 Å². The van der Waals surface area contributed by atoms with Gasteiger partial charge in [-0.15, -0.1) is 10.2 Å². The van der Waals surface area contributed by atoms with E-state index in [1.54, 1.807) is 17.2 Å². The fourth-order valence-corrected chi connectivity index (χ4v) is 3.47. The van der Waals surface area contributed by atoms with Gasteiger partial charge in [-0.25, -0.2) is 0 Å². The number of aliphatic hydroxyl groups is 1. The molecule has 6 nitrogen and oxygen atoms in total. The first-order valence-corrected chi connectivity index (χ1v) is 8.64. The molecule has 0 saturated heterocycles. The Kier molecular flexibility index (Phi) is 5.59. The number of amides is 1. The SMILES string of the molecule is O=C(NC(CCO)C1CCCCC1)c1ccc(-n2cnnc2)cc1. The van der Waals surface area contributed by atoms with Crippen LogP contribution in [0, 0.1) is 5.92 Å². The molecular weight excluding hydrogens is 304 g/mol. The van der Waals surface area contributed by atoms with Crippen LogP contribution in [-0.2, 0) is 0 Å². The molecule has 2 N–H and O–H groups in total. The zero-order chi connectivity index (χ0) is 16.8. The third-order valence-electron chi connectivity index (χ3n) is 4.82. The van der Waals surface area contributed by atoms with Crippen molar-refractivity contribution in [2.75, 3.05) is 6.61 Å². The lowest BCUT2D eigenvalue weighted by atomic mass is 9.82. The highest BCUT2D eigenvalue weighted by Gasteiger charge is 2.25. The summed E-state index contributed by atoms with van der Waals surface area (Å²) in [6, 6.07) is 7.42.